The SMILES string of the molecule is Cc1cc(C)c(C2=C(O)[C@H]3[C@@H]4CC[C@@H](C(=O)C4)[C@H]3C2=O)c(C)c1. The highest BCUT2D eigenvalue weighted by atomic mass is 16.3. The smallest absolute Gasteiger partial charge is 0.171 e. The molecule has 23 heavy (non-hydrogen) atoms. The van der Waals surface area contributed by atoms with Crippen LogP contribution in [-0.4, -0.2) is 16.7 Å². The van der Waals surface area contributed by atoms with E-state index in [-0.39, 0.29) is 41.0 Å². The minimum absolute atomic E-state index is 0.00898. The normalized spacial score (nSPS) is 32.7. The molecule has 3 nitrogen and oxygen atoms in total. The van der Waals surface area contributed by atoms with Gasteiger partial charge in [0, 0.05) is 24.2 Å². The van der Waals surface area contributed by atoms with Crippen molar-refractivity contribution in [2.24, 2.45) is 23.7 Å². The summed E-state index contributed by atoms with van der Waals surface area (Å²) in [6, 6.07) is 4.11. The number of carbonyl (C=O) groups is 2. The van der Waals surface area contributed by atoms with Crippen molar-refractivity contribution in [2.45, 2.75) is 40.0 Å². The molecular formula is C20H22O3. The number of hydrogen-bond donors (Lipinski definition) is 1. The van der Waals surface area contributed by atoms with Gasteiger partial charge in [-0.25, -0.2) is 0 Å². The molecule has 0 aliphatic heterocycles. The second kappa shape index (κ2) is 4.80. The lowest BCUT2D eigenvalue weighted by molar-refractivity contribution is -0.141. The number of aliphatic hydroxyl groups is 1. The Morgan fingerprint density at radius 3 is 2.26 bits per heavy atom. The van der Waals surface area contributed by atoms with Crippen LogP contribution in [0.1, 0.15) is 41.5 Å². The van der Waals surface area contributed by atoms with Crippen LogP contribution in [0.3, 0.4) is 0 Å². The quantitative estimate of drug-likeness (QED) is 0.860. The van der Waals surface area contributed by atoms with Crippen molar-refractivity contribution in [3.8, 4) is 0 Å². The van der Waals surface area contributed by atoms with Crippen LogP contribution in [0.2, 0.25) is 0 Å². The van der Waals surface area contributed by atoms with Crippen LogP contribution >= 0.6 is 0 Å². The largest absolute Gasteiger partial charge is 0.511 e. The third kappa shape index (κ3) is 1.89. The number of rotatable bonds is 1. The van der Waals surface area contributed by atoms with E-state index in [1.54, 1.807) is 0 Å². The fourth-order valence-electron chi connectivity index (χ4n) is 5.32. The van der Waals surface area contributed by atoms with Crippen molar-refractivity contribution in [1.29, 1.82) is 0 Å². The molecule has 120 valence electrons. The van der Waals surface area contributed by atoms with Crippen LogP contribution in [0.5, 0.6) is 0 Å². The molecule has 0 unspecified atom stereocenters. The zero-order valence-electron chi connectivity index (χ0n) is 13.8. The zero-order chi connectivity index (χ0) is 16.5. The number of allylic oxidation sites excluding steroid dienone is 2. The standard InChI is InChI=1S/C20H22O3/c1-9-6-10(2)15(11(3)7-9)18-19(22)16-12-4-5-13(14(21)8-12)17(16)20(18)23/h6-7,12-13,16-17,22H,4-5,8H2,1-3H3/t12-,13+,16+,17-/m1/s1. The maximum Gasteiger partial charge on any atom is 0.171 e. The molecule has 3 saturated carbocycles. The van der Waals surface area contributed by atoms with Crippen molar-refractivity contribution in [3.63, 3.8) is 0 Å². The molecule has 0 saturated heterocycles. The number of Topliss-reactive ketones (excluding diaryl/α,β-unsaturated/α-hetero) is 2. The van der Waals surface area contributed by atoms with Crippen molar-refractivity contribution < 1.29 is 14.7 Å². The molecule has 4 aliphatic rings. The fraction of sp³-hybridized carbons (Fsp3) is 0.500. The van der Waals surface area contributed by atoms with E-state index in [2.05, 4.69) is 12.1 Å². The van der Waals surface area contributed by atoms with Gasteiger partial charge in [0.1, 0.15) is 11.5 Å². The summed E-state index contributed by atoms with van der Waals surface area (Å²) in [4.78, 5) is 25.3. The summed E-state index contributed by atoms with van der Waals surface area (Å²) in [6.07, 6.45) is 2.29. The van der Waals surface area contributed by atoms with E-state index in [1.165, 1.54) is 0 Å². The van der Waals surface area contributed by atoms with Gasteiger partial charge in [-0.2, -0.15) is 0 Å². The number of benzene rings is 1. The van der Waals surface area contributed by atoms with E-state index in [9.17, 15) is 14.7 Å². The summed E-state index contributed by atoms with van der Waals surface area (Å²) in [7, 11) is 0. The minimum atomic E-state index is -0.315. The number of fused-ring (bicyclic) bond motifs is 2. The lowest BCUT2D eigenvalue weighted by Crippen LogP contribution is -2.46. The number of carbonyl (C=O) groups excluding carboxylic acids is 2. The molecule has 1 aromatic rings. The summed E-state index contributed by atoms with van der Waals surface area (Å²) >= 11 is 0. The van der Waals surface area contributed by atoms with Crippen molar-refractivity contribution in [2.75, 3.05) is 0 Å². The first kappa shape index (κ1) is 14.7. The molecular weight excluding hydrogens is 288 g/mol. The highest BCUT2D eigenvalue weighted by Crippen LogP contribution is 2.56. The van der Waals surface area contributed by atoms with Gasteiger partial charge in [0.05, 0.1) is 5.57 Å². The van der Waals surface area contributed by atoms with Crippen LogP contribution in [0, 0.1) is 44.4 Å². The predicted molar refractivity (Wildman–Crippen MR) is 88.0 cm³/mol. The van der Waals surface area contributed by atoms with Gasteiger partial charge >= 0.3 is 0 Å². The van der Waals surface area contributed by atoms with Gasteiger partial charge in [-0.15, -0.1) is 0 Å². The number of aliphatic hydroxyl groups excluding tert-OH is 1. The molecule has 4 aliphatic carbocycles. The molecule has 0 heterocycles. The Balaban J connectivity index is 1.88. The Hall–Kier alpha value is -1.90. The molecule has 5 rings (SSSR count). The molecule has 1 N–H and O–H groups in total. The average molecular weight is 310 g/mol. The van der Waals surface area contributed by atoms with Crippen LogP contribution in [0.4, 0.5) is 0 Å². The molecule has 0 aromatic heterocycles. The number of hydrogen-bond acceptors (Lipinski definition) is 3. The molecule has 1 aromatic carbocycles. The van der Waals surface area contributed by atoms with Gasteiger partial charge < -0.3 is 5.11 Å². The maximum atomic E-state index is 13.1. The molecule has 4 atom stereocenters. The Morgan fingerprint density at radius 2 is 1.65 bits per heavy atom. The lowest BCUT2D eigenvalue weighted by Gasteiger charge is -2.43. The molecule has 0 radical (unpaired) electrons. The maximum absolute atomic E-state index is 13.1. The molecule has 3 fully saturated rings. The van der Waals surface area contributed by atoms with Crippen LogP contribution in [-0.2, 0) is 9.59 Å². The first-order valence-electron chi connectivity index (χ1n) is 8.48. The van der Waals surface area contributed by atoms with E-state index in [0.29, 0.717) is 12.0 Å². The zero-order valence-corrected chi connectivity index (χ0v) is 13.8. The minimum Gasteiger partial charge on any atom is -0.511 e. The molecule has 3 heteroatoms. The Morgan fingerprint density at radius 1 is 1.00 bits per heavy atom. The number of aryl methyl sites for hydroxylation is 3. The van der Waals surface area contributed by atoms with Crippen molar-refractivity contribution >= 4 is 17.1 Å². The Kier molecular flexibility index (Phi) is 3.06. The van der Waals surface area contributed by atoms with Crippen LogP contribution in [0.15, 0.2) is 17.9 Å². The van der Waals surface area contributed by atoms with Crippen molar-refractivity contribution in [1.82, 2.24) is 0 Å². The Labute approximate surface area is 136 Å². The average Bonchev–Trinajstić information content (AvgIpc) is 2.74. The topological polar surface area (TPSA) is 54.4 Å². The van der Waals surface area contributed by atoms with Gasteiger partial charge in [0.25, 0.3) is 0 Å². The molecule has 0 amide bonds. The third-order valence-corrected chi connectivity index (χ3v) is 6.10. The first-order valence-corrected chi connectivity index (χ1v) is 8.48. The summed E-state index contributed by atoms with van der Waals surface area (Å²) in [6.45, 7) is 6.02. The summed E-state index contributed by atoms with van der Waals surface area (Å²) in [5.41, 5.74) is 4.56. The highest BCUT2D eigenvalue weighted by Gasteiger charge is 2.57. The van der Waals surface area contributed by atoms with Gasteiger partial charge in [-0.05, 0) is 56.2 Å². The van der Waals surface area contributed by atoms with E-state index in [4.69, 9.17) is 0 Å². The van der Waals surface area contributed by atoms with Crippen LogP contribution in [0.25, 0.3) is 5.57 Å². The molecule has 2 bridgehead atoms. The Bertz CT molecular complexity index is 748. The van der Waals surface area contributed by atoms with E-state index in [0.717, 1.165) is 35.1 Å². The monoisotopic (exact) mass is 310 g/mol. The van der Waals surface area contributed by atoms with Gasteiger partial charge in [-0.1, -0.05) is 17.7 Å². The van der Waals surface area contributed by atoms with E-state index >= 15 is 0 Å². The summed E-state index contributed by atoms with van der Waals surface area (Å²) < 4.78 is 0. The third-order valence-electron chi connectivity index (χ3n) is 6.10. The number of ketones is 2. The van der Waals surface area contributed by atoms with Gasteiger partial charge in [0.2, 0.25) is 0 Å². The first-order chi connectivity index (χ1) is 10.9. The van der Waals surface area contributed by atoms with Gasteiger partial charge in [0.15, 0.2) is 5.78 Å². The second-order valence-corrected chi connectivity index (χ2v) is 7.56. The summed E-state index contributed by atoms with van der Waals surface area (Å²) in [5, 5.41) is 10.9. The second-order valence-electron chi connectivity index (χ2n) is 7.56. The van der Waals surface area contributed by atoms with Gasteiger partial charge in [-0.3, -0.25) is 9.59 Å². The predicted octanol–water partition coefficient (Wildman–Crippen LogP) is 3.70. The van der Waals surface area contributed by atoms with Crippen LogP contribution < -0.4 is 0 Å². The van der Waals surface area contributed by atoms with E-state index < -0.39 is 0 Å². The fourth-order valence-corrected chi connectivity index (χ4v) is 5.32. The van der Waals surface area contributed by atoms with Crippen molar-refractivity contribution in [3.05, 3.63) is 40.1 Å². The van der Waals surface area contributed by atoms with E-state index in [1.807, 2.05) is 20.8 Å². The summed E-state index contributed by atoms with van der Waals surface area (Å²) in [5.74, 6) is -0.0165. The molecule has 0 spiro atoms. The lowest BCUT2D eigenvalue weighted by atomic mass is 9.58. The highest BCUT2D eigenvalue weighted by molar-refractivity contribution is 6.26.